The molecular weight excluding hydrogens is 420 g/mol. The minimum Gasteiger partial charge on any atom is -0.451 e. The maximum absolute atomic E-state index is 12.3. The Morgan fingerprint density at radius 2 is 2.03 bits per heavy atom. The Bertz CT molecular complexity index is 1290. The van der Waals surface area contributed by atoms with Crippen molar-refractivity contribution in [3.05, 3.63) is 50.9 Å². The number of aromatic amines is 1. The van der Waals surface area contributed by atoms with E-state index in [0.29, 0.717) is 21.6 Å². The first-order chi connectivity index (χ1) is 13.6. The highest BCUT2D eigenvalue weighted by atomic mass is 32.2. The normalized spacial score (nSPS) is 11.4. The van der Waals surface area contributed by atoms with E-state index in [2.05, 4.69) is 15.3 Å². The van der Waals surface area contributed by atoms with Crippen LogP contribution in [-0.4, -0.2) is 36.9 Å². The van der Waals surface area contributed by atoms with Crippen molar-refractivity contribution in [1.29, 1.82) is 0 Å². The van der Waals surface area contributed by atoms with Gasteiger partial charge < -0.3 is 15.0 Å². The Labute approximate surface area is 168 Å². The summed E-state index contributed by atoms with van der Waals surface area (Å²) in [5, 5.41) is 7.77. The molecular formula is C17H16N4O6S2. The zero-order valence-corrected chi connectivity index (χ0v) is 16.9. The van der Waals surface area contributed by atoms with Gasteiger partial charge in [0.1, 0.15) is 15.5 Å². The number of benzene rings is 1. The maximum atomic E-state index is 12.3. The van der Waals surface area contributed by atoms with Crippen LogP contribution in [0.5, 0.6) is 0 Å². The van der Waals surface area contributed by atoms with Crippen molar-refractivity contribution < 1.29 is 22.7 Å². The van der Waals surface area contributed by atoms with Gasteiger partial charge in [0, 0.05) is 5.69 Å². The molecule has 0 saturated heterocycles. The molecule has 152 valence electrons. The SMILES string of the molecule is Cc1nc2sc(C(=O)OCC(=O)Nc3cccc(S(N)(=O)=O)c3)c(C)c2c(=O)[nH]1. The summed E-state index contributed by atoms with van der Waals surface area (Å²) in [6.45, 7) is 2.62. The number of fused-ring (bicyclic) bond motifs is 1. The quantitative estimate of drug-likeness (QED) is 0.503. The Kier molecular flexibility index (Phi) is 5.50. The Balaban J connectivity index is 1.71. The molecule has 0 spiro atoms. The van der Waals surface area contributed by atoms with Crippen LogP contribution in [0.1, 0.15) is 21.1 Å². The molecule has 2 heterocycles. The largest absolute Gasteiger partial charge is 0.451 e. The molecule has 4 N–H and O–H groups in total. The van der Waals surface area contributed by atoms with Crippen LogP contribution in [0.4, 0.5) is 5.69 Å². The van der Waals surface area contributed by atoms with Gasteiger partial charge in [0.25, 0.3) is 11.5 Å². The highest BCUT2D eigenvalue weighted by Gasteiger charge is 2.21. The van der Waals surface area contributed by atoms with Gasteiger partial charge in [-0.1, -0.05) is 6.07 Å². The van der Waals surface area contributed by atoms with Gasteiger partial charge in [0.05, 0.1) is 10.3 Å². The number of ether oxygens (including phenoxy) is 1. The molecule has 2 aromatic heterocycles. The number of sulfonamides is 1. The van der Waals surface area contributed by atoms with Gasteiger partial charge in [-0.3, -0.25) is 9.59 Å². The lowest BCUT2D eigenvalue weighted by Crippen LogP contribution is -2.21. The number of hydrogen-bond donors (Lipinski definition) is 3. The molecule has 10 nitrogen and oxygen atoms in total. The zero-order valence-electron chi connectivity index (χ0n) is 15.3. The van der Waals surface area contributed by atoms with Gasteiger partial charge in [-0.15, -0.1) is 11.3 Å². The predicted molar refractivity (Wildman–Crippen MR) is 106 cm³/mol. The van der Waals surface area contributed by atoms with Crippen LogP contribution < -0.4 is 16.0 Å². The number of thiophene rings is 1. The highest BCUT2D eigenvalue weighted by molar-refractivity contribution is 7.89. The van der Waals surface area contributed by atoms with E-state index in [1.165, 1.54) is 24.3 Å². The molecule has 1 aromatic carbocycles. The number of carbonyl (C=O) groups excluding carboxylic acids is 2. The van der Waals surface area contributed by atoms with E-state index in [1.807, 2.05) is 0 Å². The average Bonchev–Trinajstić information content (AvgIpc) is 2.96. The predicted octanol–water partition coefficient (Wildman–Crippen LogP) is 1.04. The summed E-state index contributed by atoms with van der Waals surface area (Å²) in [4.78, 5) is 43.6. The first kappa shape index (κ1) is 20.6. The van der Waals surface area contributed by atoms with E-state index in [1.54, 1.807) is 13.8 Å². The van der Waals surface area contributed by atoms with Crippen LogP contribution in [0.15, 0.2) is 34.0 Å². The summed E-state index contributed by atoms with van der Waals surface area (Å²) < 4.78 is 27.7. The van der Waals surface area contributed by atoms with Crippen LogP contribution in [0.3, 0.4) is 0 Å². The van der Waals surface area contributed by atoms with Crippen LogP contribution in [0.25, 0.3) is 10.2 Å². The van der Waals surface area contributed by atoms with Crippen LogP contribution in [-0.2, 0) is 19.6 Å². The Hall–Kier alpha value is -3.09. The number of nitrogens with zero attached hydrogens (tertiary/aromatic N) is 1. The Morgan fingerprint density at radius 1 is 1.31 bits per heavy atom. The van der Waals surface area contributed by atoms with Crippen molar-refractivity contribution in [2.45, 2.75) is 18.7 Å². The second-order valence-electron chi connectivity index (χ2n) is 6.08. The Morgan fingerprint density at radius 3 is 2.72 bits per heavy atom. The number of rotatable bonds is 5. The number of carbonyl (C=O) groups is 2. The standard InChI is InChI=1S/C17H16N4O6S2/c1-8-13-15(23)19-9(2)20-16(13)28-14(8)17(24)27-7-12(22)21-10-4-3-5-11(6-10)29(18,25)26/h3-6H,7H2,1-2H3,(H,21,22)(H2,18,25,26)(H,19,20,23). The van der Waals surface area contributed by atoms with Gasteiger partial charge in [0.2, 0.25) is 10.0 Å². The van der Waals surface area contributed by atoms with Gasteiger partial charge in [-0.05, 0) is 37.6 Å². The number of aryl methyl sites for hydroxylation is 2. The van der Waals surface area contributed by atoms with E-state index in [9.17, 15) is 22.8 Å². The van der Waals surface area contributed by atoms with Crippen LogP contribution in [0.2, 0.25) is 0 Å². The molecule has 12 heteroatoms. The molecule has 3 aromatic rings. The number of amides is 1. The molecule has 0 unspecified atom stereocenters. The number of nitrogens with two attached hydrogens (primary N) is 1. The summed E-state index contributed by atoms with van der Waals surface area (Å²) in [6, 6.07) is 5.34. The number of primary sulfonamides is 1. The van der Waals surface area contributed by atoms with Crippen molar-refractivity contribution in [1.82, 2.24) is 9.97 Å². The molecule has 0 atom stereocenters. The number of anilines is 1. The van der Waals surface area contributed by atoms with Crippen LogP contribution >= 0.6 is 11.3 Å². The number of aromatic nitrogens is 2. The van der Waals surface area contributed by atoms with E-state index in [0.717, 1.165) is 11.3 Å². The van der Waals surface area contributed by atoms with E-state index < -0.39 is 28.5 Å². The molecule has 0 aliphatic rings. The summed E-state index contributed by atoms with van der Waals surface area (Å²) in [5.74, 6) is -1.02. The smallest absolute Gasteiger partial charge is 0.349 e. The van der Waals surface area contributed by atoms with Crippen molar-refractivity contribution in [3.8, 4) is 0 Å². The molecule has 0 aliphatic carbocycles. The molecule has 29 heavy (non-hydrogen) atoms. The van der Waals surface area contributed by atoms with E-state index >= 15 is 0 Å². The molecule has 3 rings (SSSR count). The molecule has 1 amide bonds. The first-order valence-corrected chi connectivity index (χ1v) is 10.5. The van der Waals surface area contributed by atoms with Crippen LogP contribution in [0, 0.1) is 13.8 Å². The third kappa shape index (κ3) is 4.50. The lowest BCUT2D eigenvalue weighted by molar-refractivity contribution is -0.119. The molecule has 0 saturated carbocycles. The lowest BCUT2D eigenvalue weighted by Gasteiger charge is -2.07. The highest BCUT2D eigenvalue weighted by Crippen LogP contribution is 2.27. The van der Waals surface area contributed by atoms with Gasteiger partial charge >= 0.3 is 5.97 Å². The number of esters is 1. The van der Waals surface area contributed by atoms with Gasteiger partial charge in [-0.25, -0.2) is 23.3 Å². The third-order valence-electron chi connectivity index (χ3n) is 3.89. The van der Waals surface area contributed by atoms with Crippen molar-refractivity contribution in [2.24, 2.45) is 5.14 Å². The minimum absolute atomic E-state index is 0.166. The fraction of sp³-hybridized carbons (Fsp3) is 0.176. The topological polar surface area (TPSA) is 161 Å². The number of nitrogens with one attached hydrogen (secondary N) is 2. The third-order valence-corrected chi connectivity index (χ3v) is 5.96. The number of hydrogen-bond acceptors (Lipinski definition) is 8. The molecule has 0 aliphatic heterocycles. The lowest BCUT2D eigenvalue weighted by atomic mass is 10.2. The molecule has 0 bridgehead atoms. The fourth-order valence-corrected chi connectivity index (χ4v) is 4.27. The second kappa shape index (κ2) is 7.73. The van der Waals surface area contributed by atoms with E-state index in [-0.39, 0.29) is 21.0 Å². The van der Waals surface area contributed by atoms with E-state index in [4.69, 9.17) is 9.88 Å². The fourth-order valence-electron chi connectivity index (χ4n) is 2.59. The number of H-pyrrole nitrogens is 1. The summed E-state index contributed by atoms with van der Waals surface area (Å²) in [5.41, 5.74) is 0.250. The van der Waals surface area contributed by atoms with Gasteiger partial charge in [-0.2, -0.15) is 0 Å². The molecule has 0 fully saturated rings. The monoisotopic (exact) mass is 436 g/mol. The van der Waals surface area contributed by atoms with Crippen molar-refractivity contribution in [3.63, 3.8) is 0 Å². The van der Waals surface area contributed by atoms with Gasteiger partial charge in [0.15, 0.2) is 6.61 Å². The second-order valence-corrected chi connectivity index (χ2v) is 8.65. The van der Waals surface area contributed by atoms with Crippen molar-refractivity contribution >= 4 is 49.1 Å². The van der Waals surface area contributed by atoms with Crippen molar-refractivity contribution in [2.75, 3.05) is 11.9 Å². The molecule has 0 radical (unpaired) electrons. The zero-order chi connectivity index (χ0) is 21.3. The summed E-state index contributed by atoms with van der Waals surface area (Å²) in [6.07, 6.45) is 0. The summed E-state index contributed by atoms with van der Waals surface area (Å²) in [7, 11) is -3.92. The summed E-state index contributed by atoms with van der Waals surface area (Å²) >= 11 is 1.00. The minimum atomic E-state index is -3.92. The average molecular weight is 436 g/mol. The maximum Gasteiger partial charge on any atom is 0.349 e. The first-order valence-electron chi connectivity index (χ1n) is 8.16.